The molecule has 0 unspecified atom stereocenters. The van der Waals surface area contributed by atoms with Crippen molar-refractivity contribution in [2.24, 2.45) is 0 Å². The fourth-order valence-electron chi connectivity index (χ4n) is 2.11. The van der Waals surface area contributed by atoms with Gasteiger partial charge in [0.1, 0.15) is 5.82 Å². The van der Waals surface area contributed by atoms with Crippen molar-refractivity contribution < 1.29 is 13.9 Å². The zero-order valence-corrected chi connectivity index (χ0v) is 12.4. The number of carbonyl (C=O) groups is 1. The van der Waals surface area contributed by atoms with Crippen LogP contribution in [-0.2, 0) is 11.3 Å². The number of hydrogen-bond acceptors (Lipinski definition) is 3. The number of esters is 1. The largest absolute Gasteiger partial charge is 0.465 e. The number of nitrogens with one attached hydrogen (secondary N) is 1. The average Bonchev–Trinajstić information content (AvgIpc) is 2.48. The molecule has 0 aliphatic rings. The highest BCUT2D eigenvalue weighted by Crippen LogP contribution is 2.20. The van der Waals surface area contributed by atoms with Crippen LogP contribution in [0.1, 0.15) is 27.0 Å². The van der Waals surface area contributed by atoms with E-state index in [1.165, 1.54) is 13.2 Å². The number of hydrogen-bond donors (Lipinski definition) is 1. The van der Waals surface area contributed by atoms with Gasteiger partial charge in [0, 0.05) is 12.2 Å². The summed E-state index contributed by atoms with van der Waals surface area (Å²) in [6.45, 7) is 4.15. The van der Waals surface area contributed by atoms with Crippen LogP contribution in [0.4, 0.5) is 10.1 Å². The maximum absolute atomic E-state index is 13.2. The minimum atomic E-state index is -0.378. The Morgan fingerprint density at radius 2 is 1.95 bits per heavy atom. The third-order valence-electron chi connectivity index (χ3n) is 3.29. The highest BCUT2D eigenvalue weighted by atomic mass is 19.1. The van der Waals surface area contributed by atoms with Crippen molar-refractivity contribution in [3.63, 3.8) is 0 Å². The monoisotopic (exact) mass is 287 g/mol. The van der Waals surface area contributed by atoms with Gasteiger partial charge in [-0.15, -0.1) is 0 Å². The number of methoxy groups -OCH3 is 1. The van der Waals surface area contributed by atoms with Gasteiger partial charge < -0.3 is 10.1 Å². The van der Waals surface area contributed by atoms with Crippen molar-refractivity contribution in [1.29, 1.82) is 0 Å². The molecule has 2 aromatic rings. The maximum atomic E-state index is 13.2. The standard InChI is InChI=1S/C17H18FNO2/c1-11-4-7-16(14(8-11)17(20)21-3)19-10-13-5-6-15(18)12(2)9-13/h4-9,19H,10H2,1-3H3. The number of halogens is 1. The molecule has 0 spiro atoms. The Morgan fingerprint density at radius 1 is 1.19 bits per heavy atom. The Balaban J connectivity index is 2.19. The number of aryl methyl sites for hydroxylation is 2. The van der Waals surface area contributed by atoms with E-state index in [2.05, 4.69) is 5.32 Å². The van der Waals surface area contributed by atoms with Gasteiger partial charge in [0.05, 0.1) is 12.7 Å². The maximum Gasteiger partial charge on any atom is 0.339 e. The second kappa shape index (κ2) is 6.39. The molecule has 0 saturated carbocycles. The second-order valence-corrected chi connectivity index (χ2v) is 4.98. The van der Waals surface area contributed by atoms with Crippen LogP contribution in [0.3, 0.4) is 0 Å². The summed E-state index contributed by atoms with van der Waals surface area (Å²) in [4.78, 5) is 11.8. The van der Waals surface area contributed by atoms with Gasteiger partial charge in [0.25, 0.3) is 0 Å². The summed E-state index contributed by atoms with van der Waals surface area (Å²) in [5.41, 5.74) is 3.74. The molecule has 0 radical (unpaired) electrons. The number of benzene rings is 2. The van der Waals surface area contributed by atoms with E-state index in [0.717, 1.165) is 11.1 Å². The summed E-state index contributed by atoms with van der Waals surface area (Å²) in [5, 5.41) is 3.20. The van der Waals surface area contributed by atoms with Gasteiger partial charge in [-0.2, -0.15) is 0 Å². The van der Waals surface area contributed by atoms with E-state index in [9.17, 15) is 9.18 Å². The highest BCUT2D eigenvalue weighted by Gasteiger charge is 2.12. The summed E-state index contributed by atoms with van der Waals surface area (Å²) < 4.78 is 18.0. The van der Waals surface area contributed by atoms with Crippen LogP contribution in [0.2, 0.25) is 0 Å². The molecule has 2 aromatic carbocycles. The van der Waals surface area contributed by atoms with Crippen LogP contribution in [0.25, 0.3) is 0 Å². The van der Waals surface area contributed by atoms with E-state index in [4.69, 9.17) is 4.74 Å². The van der Waals surface area contributed by atoms with Crippen molar-refractivity contribution in [3.05, 3.63) is 64.5 Å². The third kappa shape index (κ3) is 3.60. The molecule has 110 valence electrons. The first kappa shape index (κ1) is 15.0. The molecular weight excluding hydrogens is 269 g/mol. The van der Waals surface area contributed by atoms with E-state index in [1.54, 1.807) is 25.1 Å². The van der Waals surface area contributed by atoms with Gasteiger partial charge >= 0.3 is 5.97 Å². The van der Waals surface area contributed by atoms with E-state index in [1.807, 2.05) is 19.1 Å². The molecule has 0 aliphatic carbocycles. The number of ether oxygens (including phenoxy) is 1. The fourth-order valence-corrected chi connectivity index (χ4v) is 2.11. The summed E-state index contributed by atoms with van der Waals surface area (Å²) >= 11 is 0. The summed E-state index contributed by atoms with van der Waals surface area (Å²) in [5.74, 6) is -0.596. The first-order chi connectivity index (χ1) is 10.0. The van der Waals surface area contributed by atoms with Crippen molar-refractivity contribution in [2.45, 2.75) is 20.4 Å². The lowest BCUT2D eigenvalue weighted by atomic mass is 10.1. The summed E-state index contributed by atoms with van der Waals surface area (Å²) in [7, 11) is 1.36. The summed E-state index contributed by atoms with van der Waals surface area (Å²) in [6, 6.07) is 10.5. The molecule has 0 heterocycles. The topological polar surface area (TPSA) is 38.3 Å². The van der Waals surface area contributed by atoms with Crippen LogP contribution in [0, 0.1) is 19.7 Å². The fraction of sp³-hybridized carbons (Fsp3) is 0.235. The van der Waals surface area contributed by atoms with Gasteiger partial charge in [0.2, 0.25) is 0 Å². The molecule has 0 aromatic heterocycles. The third-order valence-corrected chi connectivity index (χ3v) is 3.29. The Hall–Kier alpha value is -2.36. The Bertz CT molecular complexity index is 668. The van der Waals surface area contributed by atoms with Crippen LogP contribution in [0.5, 0.6) is 0 Å². The van der Waals surface area contributed by atoms with Gasteiger partial charge in [-0.25, -0.2) is 9.18 Å². The quantitative estimate of drug-likeness (QED) is 0.868. The van der Waals surface area contributed by atoms with Crippen LogP contribution < -0.4 is 5.32 Å². The van der Waals surface area contributed by atoms with Crippen molar-refractivity contribution in [2.75, 3.05) is 12.4 Å². The smallest absolute Gasteiger partial charge is 0.339 e. The number of rotatable bonds is 4. The molecule has 0 aliphatic heterocycles. The molecule has 0 saturated heterocycles. The minimum absolute atomic E-state index is 0.218. The molecular formula is C17H18FNO2. The Morgan fingerprint density at radius 3 is 2.62 bits per heavy atom. The van der Waals surface area contributed by atoms with Crippen LogP contribution >= 0.6 is 0 Å². The molecule has 0 fully saturated rings. The minimum Gasteiger partial charge on any atom is -0.465 e. The Labute approximate surface area is 123 Å². The lowest BCUT2D eigenvalue weighted by Crippen LogP contribution is -2.08. The van der Waals surface area contributed by atoms with E-state index >= 15 is 0 Å². The van der Waals surface area contributed by atoms with Crippen molar-refractivity contribution >= 4 is 11.7 Å². The van der Waals surface area contributed by atoms with Gasteiger partial charge in [-0.1, -0.05) is 23.8 Å². The van der Waals surface area contributed by atoms with Crippen molar-refractivity contribution in [1.82, 2.24) is 0 Å². The lowest BCUT2D eigenvalue weighted by molar-refractivity contribution is 0.0601. The number of anilines is 1. The SMILES string of the molecule is COC(=O)c1cc(C)ccc1NCc1ccc(F)c(C)c1. The Kier molecular flexibility index (Phi) is 4.58. The lowest BCUT2D eigenvalue weighted by Gasteiger charge is -2.12. The van der Waals surface area contributed by atoms with Crippen molar-refractivity contribution in [3.8, 4) is 0 Å². The molecule has 1 N–H and O–H groups in total. The molecule has 0 bridgehead atoms. The van der Waals surface area contributed by atoms with Gasteiger partial charge in [-0.05, 0) is 43.2 Å². The van der Waals surface area contributed by atoms with Gasteiger partial charge in [0.15, 0.2) is 0 Å². The average molecular weight is 287 g/mol. The van der Waals surface area contributed by atoms with Gasteiger partial charge in [-0.3, -0.25) is 0 Å². The second-order valence-electron chi connectivity index (χ2n) is 4.98. The van der Waals surface area contributed by atoms with E-state index in [-0.39, 0.29) is 11.8 Å². The number of carbonyl (C=O) groups excluding carboxylic acids is 1. The molecule has 2 rings (SSSR count). The first-order valence-corrected chi connectivity index (χ1v) is 6.69. The van der Waals surface area contributed by atoms with Crippen LogP contribution in [-0.4, -0.2) is 13.1 Å². The normalized spacial score (nSPS) is 10.3. The zero-order valence-electron chi connectivity index (χ0n) is 12.4. The predicted molar refractivity (Wildman–Crippen MR) is 81.0 cm³/mol. The molecule has 3 nitrogen and oxygen atoms in total. The van der Waals surface area contributed by atoms with E-state index in [0.29, 0.717) is 23.4 Å². The predicted octanol–water partition coefficient (Wildman–Crippen LogP) is 3.84. The first-order valence-electron chi connectivity index (χ1n) is 6.69. The molecule has 21 heavy (non-hydrogen) atoms. The highest BCUT2D eigenvalue weighted by molar-refractivity contribution is 5.95. The molecule has 0 amide bonds. The molecule has 0 atom stereocenters. The van der Waals surface area contributed by atoms with E-state index < -0.39 is 0 Å². The van der Waals surface area contributed by atoms with Crippen LogP contribution in [0.15, 0.2) is 36.4 Å². The summed E-state index contributed by atoms with van der Waals surface area (Å²) in [6.07, 6.45) is 0. The molecule has 4 heteroatoms. The zero-order chi connectivity index (χ0) is 15.4.